The fraction of sp³-hybridized carbons (Fsp3) is 0.500. The van der Waals surface area contributed by atoms with Crippen LogP contribution in [0.5, 0.6) is 0 Å². The van der Waals surface area contributed by atoms with Gasteiger partial charge in [0.05, 0.1) is 4.90 Å². The van der Waals surface area contributed by atoms with Crippen LogP contribution in [0.3, 0.4) is 0 Å². The zero-order valence-corrected chi connectivity index (χ0v) is 12.8. The van der Waals surface area contributed by atoms with Crippen LogP contribution in [0.1, 0.15) is 24.5 Å². The highest BCUT2D eigenvalue weighted by atomic mass is 32.2. The van der Waals surface area contributed by atoms with Crippen molar-refractivity contribution in [3.05, 3.63) is 29.3 Å². The van der Waals surface area contributed by atoms with Crippen molar-refractivity contribution in [1.29, 1.82) is 0 Å². The molecule has 0 aliphatic carbocycles. The molecule has 20 heavy (non-hydrogen) atoms. The average molecular weight is 296 g/mol. The van der Waals surface area contributed by atoms with Gasteiger partial charge in [0.2, 0.25) is 15.9 Å². The summed E-state index contributed by atoms with van der Waals surface area (Å²) in [6.07, 6.45) is 0.468. The molecule has 1 saturated heterocycles. The van der Waals surface area contributed by atoms with Crippen molar-refractivity contribution in [3.63, 3.8) is 0 Å². The Bertz CT molecular complexity index is 605. The molecule has 0 saturated carbocycles. The third-order valence-electron chi connectivity index (χ3n) is 3.47. The molecule has 0 bridgehead atoms. The number of aryl methyl sites for hydroxylation is 2. The van der Waals surface area contributed by atoms with E-state index in [9.17, 15) is 13.2 Å². The number of nitrogens with zero attached hydrogens (tertiary/aromatic N) is 1. The first-order valence-electron chi connectivity index (χ1n) is 6.74. The second-order valence-corrected chi connectivity index (χ2v) is 7.04. The molecular weight excluding hydrogens is 276 g/mol. The van der Waals surface area contributed by atoms with Crippen molar-refractivity contribution < 1.29 is 13.2 Å². The zero-order chi connectivity index (χ0) is 14.9. The minimum absolute atomic E-state index is 0.216. The molecule has 1 aliphatic heterocycles. The summed E-state index contributed by atoms with van der Waals surface area (Å²) in [5, 5.41) is 2.71. The van der Waals surface area contributed by atoms with Crippen LogP contribution < -0.4 is 5.32 Å². The van der Waals surface area contributed by atoms with E-state index < -0.39 is 16.1 Å². The number of amides is 1. The maximum absolute atomic E-state index is 12.8. The highest BCUT2D eigenvalue weighted by Crippen LogP contribution is 2.23. The standard InChI is InChI=1S/C14H20N2O3S/c1-4-13-14(17)15-5-6-16(13)20(18,19)12-8-10(2)7-11(3)9-12/h7-9,13H,4-6H2,1-3H3,(H,15,17). The Morgan fingerprint density at radius 1 is 1.25 bits per heavy atom. The minimum Gasteiger partial charge on any atom is -0.353 e. The van der Waals surface area contributed by atoms with Crippen molar-refractivity contribution in [2.75, 3.05) is 13.1 Å². The summed E-state index contributed by atoms with van der Waals surface area (Å²) in [6.45, 7) is 6.23. The van der Waals surface area contributed by atoms with E-state index in [1.807, 2.05) is 26.8 Å². The Morgan fingerprint density at radius 2 is 1.85 bits per heavy atom. The first-order valence-corrected chi connectivity index (χ1v) is 8.18. The normalized spacial score (nSPS) is 20.8. The molecule has 1 N–H and O–H groups in total. The van der Waals surface area contributed by atoms with Crippen molar-refractivity contribution in [1.82, 2.24) is 9.62 Å². The number of carbonyl (C=O) groups is 1. The SMILES string of the molecule is CCC1C(=O)NCCN1S(=O)(=O)c1cc(C)cc(C)c1. The minimum atomic E-state index is -3.63. The van der Waals surface area contributed by atoms with Crippen LogP contribution >= 0.6 is 0 Å². The molecule has 1 heterocycles. The monoisotopic (exact) mass is 296 g/mol. The van der Waals surface area contributed by atoms with E-state index in [4.69, 9.17) is 0 Å². The van der Waals surface area contributed by atoms with Gasteiger partial charge in [0.15, 0.2) is 0 Å². The molecule has 1 fully saturated rings. The van der Waals surface area contributed by atoms with Gasteiger partial charge in [-0.15, -0.1) is 0 Å². The molecule has 110 valence electrons. The smallest absolute Gasteiger partial charge is 0.243 e. The van der Waals surface area contributed by atoms with Crippen LogP contribution in [-0.2, 0) is 14.8 Å². The highest BCUT2D eigenvalue weighted by Gasteiger charge is 2.37. The molecule has 2 rings (SSSR count). The molecule has 0 aromatic heterocycles. The summed E-state index contributed by atoms with van der Waals surface area (Å²) < 4.78 is 26.8. The second kappa shape index (κ2) is 5.54. The van der Waals surface area contributed by atoms with Gasteiger partial charge in [0.1, 0.15) is 6.04 Å². The number of nitrogens with one attached hydrogen (secondary N) is 1. The van der Waals surface area contributed by atoms with Crippen LogP contribution in [0.15, 0.2) is 23.1 Å². The van der Waals surface area contributed by atoms with E-state index in [-0.39, 0.29) is 10.8 Å². The number of carbonyl (C=O) groups excluding carboxylic acids is 1. The maximum Gasteiger partial charge on any atom is 0.243 e. The number of rotatable bonds is 3. The van der Waals surface area contributed by atoms with E-state index in [0.29, 0.717) is 19.5 Å². The molecule has 1 amide bonds. The van der Waals surface area contributed by atoms with Crippen molar-refractivity contribution in [2.45, 2.75) is 38.1 Å². The van der Waals surface area contributed by atoms with Gasteiger partial charge in [-0.3, -0.25) is 4.79 Å². The summed E-state index contributed by atoms with van der Waals surface area (Å²) in [4.78, 5) is 12.1. The summed E-state index contributed by atoms with van der Waals surface area (Å²) in [5.41, 5.74) is 1.80. The summed E-state index contributed by atoms with van der Waals surface area (Å²) in [7, 11) is -3.63. The number of piperazine rings is 1. The van der Waals surface area contributed by atoms with E-state index in [1.165, 1.54) is 4.31 Å². The molecule has 0 spiro atoms. The molecular formula is C14H20N2O3S. The molecule has 1 unspecified atom stereocenters. The van der Waals surface area contributed by atoms with Gasteiger partial charge in [-0.2, -0.15) is 4.31 Å². The second-order valence-electron chi connectivity index (χ2n) is 5.15. The highest BCUT2D eigenvalue weighted by molar-refractivity contribution is 7.89. The quantitative estimate of drug-likeness (QED) is 0.911. The van der Waals surface area contributed by atoms with E-state index in [1.54, 1.807) is 12.1 Å². The van der Waals surface area contributed by atoms with Crippen molar-refractivity contribution in [2.24, 2.45) is 0 Å². The molecule has 1 aliphatic rings. The number of hydrogen-bond acceptors (Lipinski definition) is 3. The van der Waals surface area contributed by atoms with Crippen LogP contribution in [0.4, 0.5) is 0 Å². The third-order valence-corrected chi connectivity index (χ3v) is 5.36. The van der Waals surface area contributed by atoms with Gasteiger partial charge in [0.25, 0.3) is 0 Å². The van der Waals surface area contributed by atoms with Crippen LogP contribution in [0.25, 0.3) is 0 Å². The van der Waals surface area contributed by atoms with E-state index in [0.717, 1.165) is 11.1 Å². The van der Waals surface area contributed by atoms with E-state index in [2.05, 4.69) is 5.32 Å². The van der Waals surface area contributed by atoms with Gasteiger partial charge >= 0.3 is 0 Å². The van der Waals surface area contributed by atoms with Crippen molar-refractivity contribution >= 4 is 15.9 Å². The molecule has 0 radical (unpaired) electrons. The Morgan fingerprint density at radius 3 is 2.40 bits per heavy atom. The fourth-order valence-corrected chi connectivity index (χ4v) is 4.44. The summed E-state index contributed by atoms with van der Waals surface area (Å²) in [5.74, 6) is -0.216. The first-order chi connectivity index (χ1) is 9.36. The van der Waals surface area contributed by atoms with Crippen LogP contribution in [0.2, 0.25) is 0 Å². The fourth-order valence-electron chi connectivity index (χ4n) is 2.59. The Kier molecular flexibility index (Phi) is 4.15. The summed E-state index contributed by atoms with van der Waals surface area (Å²) >= 11 is 0. The van der Waals surface area contributed by atoms with Gasteiger partial charge in [0, 0.05) is 13.1 Å². The molecule has 5 nitrogen and oxygen atoms in total. The zero-order valence-electron chi connectivity index (χ0n) is 12.0. The third kappa shape index (κ3) is 2.71. The molecule has 1 atom stereocenters. The molecule has 1 aromatic rings. The summed E-state index contributed by atoms with van der Waals surface area (Å²) in [6, 6.07) is 4.62. The topological polar surface area (TPSA) is 66.5 Å². The lowest BCUT2D eigenvalue weighted by Gasteiger charge is -2.33. The van der Waals surface area contributed by atoms with Gasteiger partial charge in [-0.25, -0.2) is 8.42 Å². The molecule has 1 aromatic carbocycles. The lowest BCUT2D eigenvalue weighted by atomic mass is 10.2. The van der Waals surface area contributed by atoms with Gasteiger partial charge in [-0.05, 0) is 43.5 Å². The Balaban J connectivity index is 2.45. The Hall–Kier alpha value is -1.40. The lowest BCUT2D eigenvalue weighted by molar-refractivity contribution is -0.126. The predicted octanol–water partition coefficient (Wildman–Crippen LogP) is 1.20. The first kappa shape index (κ1) is 15.0. The van der Waals surface area contributed by atoms with Crippen LogP contribution in [-0.4, -0.2) is 37.8 Å². The predicted molar refractivity (Wildman–Crippen MR) is 76.9 cm³/mol. The largest absolute Gasteiger partial charge is 0.353 e. The average Bonchev–Trinajstić information content (AvgIpc) is 2.37. The number of sulfonamides is 1. The van der Waals surface area contributed by atoms with Gasteiger partial charge < -0.3 is 5.32 Å². The molecule has 6 heteroatoms. The Labute approximate surface area is 120 Å². The maximum atomic E-state index is 12.8. The van der Waals surface area contributed by atoms with Gasteiger partial charge in [-0.1, -0.05) is 13.0 Å². The number of benzene rings is 1. The lowest BCUT2D eigenvalue weighted by Crippen LogP contribution is -2.56. The van der Waals surface area contributed by atoms with Crippen LogP contribution in [0, 0.1) is 13.8 Å². The van der Waals surface area contributed by atoms with E-state index >= 15 is 0 Å². The van der Waals surface area contributed by atoms with Crippen molar-refractivity contribution in [3.8, 4) is 0 Å². The number of hydrogen-bond donors (Lipinski definition) is 1.